The molecule has 2 atom stereocenters. The molecule has 2 aliphatic rings. The lowest BCUT2D eigenvalue weighted by molar-refractivity contribution is -0.121. The number of nitrogens with zero attached hydrogens (tertiary/aromatic N) is 4. The first-order chi connectivity index (χ1) is 28.9. The van der Waals surface area contributed by atoms with Crippen LogP contribution >= 0.6 is 0 Å². The number of nitrogens with one attached hydrogen (secondary N) is 1. The molecule has 296 valence electrons. The van der Waals surface area contributed by atoms with Crippen molar-refractivity contribution in [2.75, 3.05) is 36.4 Å². The summed E-state index contributed by atoms with van der Waals surface area (Å²) in [6, 6.07) is 55.5. The van der Waals surface area contributed by atoms with Crippen LogP contribution in [-0.4, -0.2) is 58.4 Å². The summed E-state index contributed by atoms with van der Waals surface area (Å²) in [6.45, 7) is 7.90. The Bertz CT molecular complexity index is 2520. The molecule has 0 spiro atoms. The Hall–Kier alpha value is -6.44. The number of aromatic nitrogens is 1. The first kappa shape index (κ1) is 38.1. The van der Waals surface area contributed by atoms with Gasteiger partial charge in [-0.2, -0.15) is 0 Å². The SMILES string of the molecule is CC(C)CC(C(=O)Nc1ccc(N2CCN(C(c3ccccc3)c3ccccc3)CC2)cc1)N1C(=O)c2ccccc2C1c1c(-c2ccccc2)n(C)c2ccccc12. The van der Waals surface area contributed by atoms with Crippen LogP contribution in [0.15, 0.2) is 164 Å². The molecular formula is C52H51N5O2. The number of anilines is 2. The van der Waals surface area contributed by atoms with Crippen molar-refractivity contribution >= 4 is 34.1 Å². The second kappa shape index (κ2) is 16.4. The summed E-state index contributed by atoms with van der Waals surface area (Å²) in [7, 11) is 2.09. The molecule has 1 aromatic heterocycles. The summed E-state index contributed by atoms with van der Waals surface area (Å²) in [4.78, 5) is 36.3. The van der Waals surface area contributed by atoms with Gasteiger partial charge in [0.1, 0.15) is 6.04 Å². The van der Waals surface area contributed by atoms with Crippen molar-refractivity contribution in [3.05, 3.63) is 192 Å². The zero-order valence-electron chi connectivity index (χ0n) is 34.0. The van der Waals surface area contributed by atoms with Crippen molar-refractivity contribution in [1.82, 2.24) is 14.4 Å². The van der Waals surface area contributed by atoms with Crippen molar-refractivity contribution < 1.29 is 9.59 Å². The number of piperazine rings is 1. The maximum Gasteiger partial charge on any atom is 0.255 e. The first-order valence-electron chi connectivity index (χ1n) is 20.9. The largest absolute Gasteiger partial charge is 0.369 e. The zero-order chi connectivity index (χ0) is 40.5. The average Bonchev–Trinajstić information content (AvgIpc) is 3.73. The maximum absolute atomic E-state index is 14.7. The zero-order valence-corrected chi connectivity index (χ0v) is 34.0. The van der Waals surface area contributed by atoms with E-state index in [1.165, 1.54) is 11.1 Å². The van der Waals surface area contributed by atoms with Gasteiger partial charge in [0.25, 0.3) is 5.91 Å². The third-order valence-electron chi connectivity index (χ3n) is 12.2. The molecule has 6 aromatic carbocycles. The van der Waals surface area contributed by atoms with E-state index in [-0.39, 0.29) is 23.8 Å². The summed E-state index contributed by atoms with van der Waals surface area (Å²) >= 11 is 0. The molecule has 3 heterocycles. The van der Waals surface area contributed by atoms with Gasteiger partial charge in [0.05, 0.1) is 17.8 Å². The highest BCUT2D eigenvalue weighted by Crippen LogP contribution is 2.48. The summed E-state index contributed by atoms with van der Waals surface area (Å²) in [6.07, 6.45) is 0.517. The van der Waals surface area contributed by atoms with Crippen LogP contribution in [0.25, 0.3) is 22.2 Å². The van der Waals surface area contributed by atoms with E-state index in [0.717, 1.165) is 70.8 Å². The highest BCUT2D eigenvalue weighted by atomic mass is 16.2. The van der Waals surface area contributed by atoms with E-state index < -0.39 is 12.1 Å². The molecular weight excluding hydrogens is 727 g/mol. The van der Waals surface area contributed by atoms with Crippen LogP contribution in [0.2, 0.25) is 0 Å². The standard InChI is InChI=1S/C52H51N5O2/c1-36(2)35-46(57-50(42-23-13-14-24-43(42)52(57)59)47-44-25-15-16-26-45(44)54(3)49(47)39-21-11-6-12-22-39)51(58)53-40-27-29-41(30-28-40)55-31-33-56(34-32-55)48(37-17-7-4-8-18-37)38-19-9-5-10-20-38/h4-30,36,46,48,50H,31-35H2,1-3H3,(H,53,58). The predicted molar refractivity (Wildman–Crippen MR) is 240 cm³/mol. The summed E-state index contributed by atoms with van der Waals surface area (Å²) < 4.78 is 2.23. The minimum Gasteiger partial charge on any atom is -0.369 e. The van der Waals surface area contributed by atoms with Gasteiger partial charge in [-0.15, -0.1) is 0 Å². The van der Waals surface area contributed by atoms with Crippen LogP contribution in [0.5, 0.6) is 0 Å². The fraction of sp³-hybridized carbons (Fsp3) is 0.231. The molecule has 2 aliphatic heterocycles. The van der Waals surface area contributed by atoms with Crippen molar-refractivity contribution in [3.63, 3.8) is 0 Å². The molecule has 2 unspecified atom stereocenters. The number of para-hydroxylation sites is 1. The van der Waals surface area contributed by atoms with Crippen molar-refractivity contribution in [3.8, 4) is 11.3 Å². The number of amides is 2. The number of hydrogen-bond acceptors (Lipinski definition) is 4. The van der Waals surface area contributed by atoms with Crippen molar-refractivity contribution in [1.29, 1.82) is 0 Å². The number of hydrogen-bond donors (Lipinski definition) is 1. The van der Waals surface area contributed by atoms with Crippen LogP contribution in [-0.2, 0) is 11.8 Å². The second-order valence-electron chi connectivity index (χ2n) is 16.3. The quantitative estimate of drug-likeness (QED) is 0.142. The van der Waals surface area contributed by atoms with Gasteiger partial charge in [0.2, 0.25) is 5.91 Å². The highest BCUT2D eigenvalue weighted by molar-refractivity contribution is 6.06. The van der Waals surface area contributed by atoms with Crippen molar-refractivity contribution in [2.24, 2.45) is 13.0 Å². The van der Waals surface area contributed by atoms with Crippen LogP contribution in [0.3, 0.4) is 0 Å². The Kier molecular flexibility index (Phi) is 10.6. The van der Waals surface area contributed by atoms with E-state index in [4.69, 9.17) is 0 Å². The van der Waals surface area contributed by atoms with Crippen LogP contribution in [0.4, 0.5) is 11.4 Å². The van der Waals surface area contributed by atoms with E-state index >= 15 is 0 Å². The van der Waals surface area contributed by atoms with E-state index in [2.05, 4.69) is 168 Å². The van der Waals surface area contributed by atoms with E-state index in [1.807, 2.05) is 41.3 Å². The molecule has 2 amide bonds. The third-order valence-corrected chi connectivity index (χ3v) is 12.2. The third kappa shape index (κ3) is 7.32. The summed E-state index contributed by atoms with van der Waals surface area (Å²) in [5, 5.41) is 4.33. The normalized spacial score (nSPS) is 16.2. The predicted octanol–water partition coefficient (Wildman–Crippen LogP) is 10.4. The first-order valence-corrected chi connectivity index (χ1v) is 20.9. The van der Waals surface area contributed by atoms with E-state index in [1.54, 1.807) is 0 Å². The average molecular weight is 778 g/mol. The Morgan fingerprint density at radius 1 is 0.678 bits per heavy atom. The van der Waals surface area contributed by atoms with Gasteiger partial charge in [-0.1, -0.05) is 141 Å². The second-order valence-corrected chi connectivity index (χ2v) is 16.3. The Morgan fingerprint density at radius 3 is 1.90 bits per heavy atom. The number of carbonyl (C=O) groups excluding carboxylic acids is 2. The van der Waals surface area contributed by atoms with Gasteiger partial charge < -0.3 is 19.7 Å². The molecule has 0 aliphatic carbocycles. The number of benzene rings is 6. The number of aryl methyl sites for hydroxylation is 1. The molecule has 0 saturated carbocycles. The van der Waals surface area contributed by atoms with Crippen LogP contribution < -0.4 is 10.2 Å². The van der Waals surface area contributed by atoms with Gasteiger partial charge in [0, 0.05) is 66.6 Å². The van der Waals surface area contributed by atoms with Gasteiger partial charge in [-0.05, 0) is 71.0 Å². The molecule has 7 nitrogen and oxygen atoms in total. The van der Waals surface area contributed by atoms with Crippen molar-refractivity contribution in [2.45, 2.75) is 38.4 Å². The molecule has 7 heteroatoms. The minimum atomic E-state index is -0.711. The van der Waals surface area contributed by atoms with E-state index in [0.29, 0.717) is 12.0 Å². The molecule has 7 aromatic rings. The van der Waals surface area contributed by atoms with Gasteiger partial charge in [0.15, 0.2) is 0 Å². The van der Waals surface area contributed by atoms with Gasteiger partial charge >= 0.3 is 0 Å². The molecule has 0 bridgehead atoms. The molecule has 1 fully saturated rings. The lowest BCUT2D eigenvalue weighted by Crippen LogP contribution is -2.48. The van der Waals surface area contributed by atoms with Crippen LogP contribution in [0, 0.1) is 5.92 Å². The lowest BCUT2D eigenvalue weighted by Gasteiger charge is -2.40. The fourth-order valence-corrected chi connectivity index (χ4v) is 9.49. The highest BCUT2D eigenvalue weighted by Gasteiger charge is 2.46. The smallest absolute Gasteiger partial charge is 0.255 e. The van der Waals surface area contributed by atoms with Gasteiger partial charge in [-0.3, -0.25) is 14.5 Å². The van der Waals surface area contributed by atoms with Gasteiger partial charge in [-0.25, -0.2) is 0 Å². The molecule has 1 N–H and O–H groups in total. The topological polar surface area (TPSA) is 60.8 Å². The molecule has 59 heavy (non-hydrogen) atoms. The lowest BCUT2D eigenvalue weighted by atomic mass is 9.91. The molecule has 0 radical (unpaired) electrons. The Labute approximate surface area is 347 Å². The molecule has 1 saturated heterocycles. The Balaban J connectivity index is 0.984. The van der Waals surface area contributed by atoms with Crippen LogP contribution in [0.1, 0.15) is 65.0 Å². The maximum atomic E-state index is 14.7. The van der Waals surface area contributed by atoms with E-state index in [9.17, 15) is 9.59 Å². The number of rotatable bonds is 11. The number of fused-ring (bicyclic) bond motifs is 2. The summed E-state index contributed by atoms with van der Waals surface area (Å²) in [5.74, 6) is -0.136. The number of carbonyl (C=O) groups is 2. The summed E-state index contributed by atoms with van der Waals surface area (Å²) in [5.41, 5.74) is 10.3. The Morgan fingerprint density at radius 2 is 1.25 bits per heavy atom. The molecule has 9 rings (SSSR count). The fourth-order valence-electron chi connectivity index (χ4n) is 9.49. The minimum absolute atomic E-state index is 0.116. The monoisotopic (exact) mass is 777 g/mol.